The monoisotopic (exact) mass is 418 g/mol. The topological polar surface area (TPSA) is 95.9 Å². The van der Waals surface area contributed by atoms with Crippen LogP contribution < -0.4 is 9.62 Å². The second-order valence-electron chi connectivity index (χ2n) is 6.99. The van der Waals surface area contributed by atoms with Crippen LogP contribution in [-0.4, -0.2) is 45.8 Å². The van der Waals surface area contributed by atoms with E-state index in [1.54, 1.807) is 18.2 Å². The first kappa shape index (κ1) is 21.1. The predicted octanol–water partition coefficient (Wildman–Crippen LogP) is 3.36. The van der Waals surface area contributed by atoms with Gasteiger partial charge in [0.25, 0.3) is 10.0 Å². The van der Waals surface area contributed by atoms with E-state index in [1.165, 1.54) is 12.1 Å². The molecule has 29 heavy (non-hydrogen) atoms. The molecule has 8 heteroatoms. The van der Waals surface area contributed by atoms with E-state index in [0.717, 1.165) is 24.8 Å². The minimum atomic E-state index is -3.90. The first-order chi connectivity index (χ1) is 13.9. The Morgan fingerprint density at radius 3 is 2.45 bits per heavy atom. The van der Waals surface area contributed by atoms with Crippen LogP contribution in [0.4, 0.5) is 11.4 Å². The molecule has 3 rings (SSSR count). The fourth-order valence-corrected chi connectivity index (χ4v) is 4.35. The third-order valence-corrected chi connectivity index (χ3v) is 6.26. The van der Waals surface area contributed by atoms with Crippen LogP contribution in [0, 0.1) is 0 Å². The summed E-state index contributed by atoms with van der Waals surface area (Å²) >= 11 is 0. The number of aryl methyl sites for hydroxylation is 1. The van der Waals surface area contributed by atoms with E-state index in [0.29, 0.717) is 37.7 Å². The molecule has 2 aromatic rings. The Hall–Kier alpha value is -2.58. The highest BCUT2D eigenvalue weighted by Gasteiger charge is 2.23. The number of carbonyl (C=O) groups is 1. The van der Waals surface area contributed by atoms with Crippen molar-refractivity contribution in [1.82, 2.24) is 0 Å². The van der Waals surface area contributed by atoms with Crippen LogP contribution in [0.1, 0.15) is 35.7 Å². The smallest absolute Gasteiger partial charge is 0.337 e. The van der Waals surface area contributed by atoms with Crippen molar-refractivity contribution in [3.05, 3.63) is 53.6 Å². The number of carboxylic acids is 1. The summed E-state index contributed by atoms with van der Waals surface area (Å²) in [6.07, 6.45) is 3.13. The van der Waals surface area contributed by atoms with Crippen LogP contribution in [0.3, 0.4) is 0 Å². The molecule has 1 aliphatic heterocycles. The molecular weight excluding hydrogens is 392 g/mol. The van der Waals surface area contributed by atoms with Crippen molar-refractivity contribution in [2.75, 3.05) is 35.9 Å². The van der Waals surface area contributed by atoms with Gasteiger partial charge in [-0.05, 0) is 48.7 Å². The van der Waals surface area contributed by atoms with E-state index in [4.69, 9.17) is 4.74 Å². The second-order valence-corrected chi connectivity index (χ2v) is 8.67. The summed E-state index contributed by atoms with van der Waals surface area (Å²) in [5.41, 5.74) is 2.06. The lowest BCUT2D eigenvalue weighted by Gasteiger charge is -2.30. The summed E-state index contributed by atoms with van der Waals surface area (Å²) in [6.45, 7) is 4.27. The highest BCUT2D eigenvalue weighted by molar-refractivity contribution is 7.92. The molecule has 1 heterocycles. The molecule has 1 saturated heterocycles. The number of ether oxygens (including phenoxy) is 1. The third-order valence-electron chi connectivity index (χ3n) is 4.89. The van der Waals surface area contributed by atoms with Gasteiger partial charge in [-0.3, -0.25) is 4.72 Å². The molecule has 0 bridgehead atoms. The zero-order valence-electron chi connectivity index (χ0n) is 16.4. The van der Waals surface area contributed by atoms with Crippen molar-refractivity contribution in [2.45, 2.75) is 31.1 Å². The second kappa shape index (κ2) is 9.28. The average Bonchev–Trinajstić information content (AvgIpc) is 2.73. The van der Waals surface area contributed by atoms with E-state index in [9.17, 15) is 18.3 Å². The van der Waals surface area contributed by atoms with Crippen molar-refractivity contribution in [3.8, 4) is 0 Å². The molecule has 0 aliphatic carbocycles. The SMILES string of the molecule is CCCCc1ccc(NS(=O)(=O)c2ccc(N3CCOCC3)c(C(=O)O)c2)cc1. The number of sulfonamides is 1. The molecule has 0 atom stereocenters. The summed E-state index contributed by atoms with van der Waals surface area (Å²) in [4.78, 5) is 13.6. The normalized spacial score (nSPS) is 14.6. The molecule has 1 aliphatic rings. The number of nitrogens with one attached hydrogen (secondary N) is 1. The molecule has 156 valence electrons. The van der Waals surface area contributed by atoms with Crippen LogP contribution >= 0.6 is 0 Å². The molecule has 0 unspecified atom stereocenters. The van der Waals surface area contributed by atoms with Gasteiger partial charge in [0.1, 0.15) is 0 Å². The van der Waals surface area contributed by atoms with Crippen molar-refractivity contribution < 1.29 is 23.1 Å². The Morgan fingerprint density at radius 2 is 1.83 bits per heavy atom. The first-order valence-electron chi connectivity index (χ1n) is 9.72. The van der Waals surface area contributed by atoms with Crippen molar-refractivity contribution in [3.63, 3.8) is 0 Å². The number of hydrogen-bond acceptors (Lipinski definition) is 5. The molecule has 2 aromatic carbocycles. The Kier molecular flexibility index (Phi) is 6.76. The Morgan fingerprint density at radius 1 is 1.14 bits per heavy atom. The van der Waals surface area contributed by atoms with Crippen molar-refractivity contribution in [1.29, 1.82) is 0 Å². The van der Waals surface area contributed by atoms with Crippen LogP contribution in [-0.2, 0) is 21.2 Å². The van der Waals surface area contributed by atoms with Gasteiger partial charge in [0.05, 0.1) is 29.4 Å². The number of rotatable bonds is 8. The van der Waals surface area contributed by atoms with E-state index >= 15 is 0 Å². The third kappa shape index (κ3) is 5.27. The fraction of sp³-hybridized carbons (Fsp3) is 0.381. The highest BCUT2D eigenvalue weighted by atomic mass is 32.2. The summed E-state index contributed by atoms with van der Waals surface area (Å²) in [7, 11) is -3.90. The minimum absolute atomic E-state index is 0.0373. The van der Waals surface area contributed by atoms with Crippen LogP contribution in [0.5, 0.6) is 0 Å². The van der Waals surface area contributed by atoms with Gasteiger partial charge in [0.15, 0.2) is 0 Å². The molecule has 7 nitrogen and oxygen atoms in total. The Balaban J connectivity index is 1.82. The van der Waals surface area contributed by atoms with E-state index in [-0.39, 0.29) is 10.5 Å². The van der Waals surface area contributed by atoms with Crippen LogP contribution in [0.25, 0.3) is 0 Å². The first-order valence-corrected chi connectivity index (χ1v) is 11.2. The average molecular weight is 419 g/mol. The Bertz CT molecular complexity index is 952. The quantitative estimate of drug-likeness (QED) is 0.682. The fourth-order valence-electron chi connectivity index (χ4n) is 3.27. The molecular formula is C21H26N2O5S. The number of aromatic carboxylic acids is 1. The van der Waals surface area contributed by atoms with Gasteiger partial charge in [-0.1, -0.05) is 25.5 Å². The lowest BCUT2D eigenvalue weighted by Crippen LogP contribution is -2.37. The molecule has 0 saturated carbocycles. The highest BCUT2D eigenvalue weighted by Crippen LogP contribution is 2.26. The molecule has 0 aromatic heterocycles. The minimum Gasteiger partial charge on any atom is -0.478 e. The number of anilines is 2. The van der Waals surface area contributed by atoms with E-state index in [1.807, 2.05) is 17.0 Å². The summed E-state index contributed by atoms with van der Waals surface area (Å²) in [6, 6.07) is 11.5. The number of benzene rings is 2. The lowest BCUT2D eigenvalue weighted by molar-refractivity contribution is 0.0696. The summed E-state index contributed by atoms with van der Waals surface area (Å²) in [5, 5.41) is 9.60. The summed E-state index contributed by atoms with van der Waals surface area (Å²) in [5.74, 6) is -1.16. The molecule has 1 fully saturated rings. The predicted molar refractivity (Wildman–Crippen MR) is 112 cm³/mol. The maximum Gasteiger partial charge on any atom is 0.337 e. The van der Waals surface area contributed by atoms with Gasteiger partial charge in [-0.25, -0.2) is 13.2 Å². The Labute approximate surface area is 171 Å². The maximum absolute atomic E-state index is 12.8. The lowest BCUT2D eigenvalue weighted by atomic mass is 10.1. The van der Waals surface area contributed by atoms with E-state index in [2.05, 4.69) is 11.6 Å². The number of hydrogen-bond donors (Lipinski definition) is 2. The number of morpholine rings is 1. The van der Waals surface area contributed by atoms with Gasteiger partial charge in [-0.2, -0.15) is 0 Å². The molecule has 2 N–H and O–H groups in total. The van der Waals surface area contributed by atoms with Gasteiger partial charge >= 0.3 is 5.97 Å². The van der Waals surface area contributed by atoms with Crippen molar-refractivity contribution in [2.24, 2.45) is 0 Å². The van der Waals surface area contributed by atoms with E-state index < -0.39 is 16.0 Å². The van der Waals surface area contributed by atoms with Gasteiger partial charge in [0, 0.05) is 18.8 Å². The molecule has 0 radical (unpaired) electrons. The maximum atomic E-state index is 12.8. The zero-order chi connectivity index (χ0) is 20.9. The van der Waals surface area contributed by atoms with Crippen LogP contribution in [0.2, 0.25) is 0 Å². The summed E-state index contributed by atoms with van der Waals surface area (Å²) < 4.78 is 33.4. The standard InChI is InChI=1S/C21H26N2O5S/c1-2-3-4-16-5-7-17(8-6-16)22-29(26,27)18-9-10-20(19(15-18)21(24)25)23-11-13-28-14-12-23/h5-10,15,22H,2-4,11-14H2,1H3,(H,24,25). The number of carboxylic acid groups (broad SMARTS) is 1. The molecule has 0 spiro atoms. The van der Waals surface area contributed by atoms with Gasteiger partial charge < -0.3 is 14.7 Å². The van der Waals surface area contributed by atoms with Crippen LogP contribution in [0.15, 0.2) is 47.4 Å². The van der Waals surface area contributed by atoms with Gasteiger partial charge in [-0.15, -0.1) is 0 Å². The number of nitrogens with zero attached hydrogens (tertiary/aromatic N) is 1. The van der Waals surface area contributed by atoms with Crippen molar-refractivity contribution >= 4 is 27.4 Å². The molecule has 0 amide bonds. The van der Waals surface area contributed by atoms with Gasteiger partial charge in [0.2, 0.25) is 0 Å². The number of unbranched alkanes of at least 4 members (excludes halogenated alkanes) is 1. The largest absolute Gasteiger partial charge is 0.478 e. The zero-order valence-corrected chi connectivity index (χ0v) is 17.2.